The molecule has 2 fully saturated rings. The smallest absolute Gasteiger partial charge is 0.410 e. The maximum atomic E-state index is 15.1. The Labute approximate surface area is 261 Å². The normalized spacial score (nSPS) is 21.7. The number of likely N-dealkylation sites (tertiary alicyclic amines) is 1. The summed E-state index contributed by atoms with van der Waals surface area (Å²) in [6.07, 6.45) is 5.41. The molecule has 2 aliphatic heterocycles. The Bertz CT molecular complexity index is 1160. The molecule has 4 heterocycles. The number of morpholine rings is 1. The first kappa shape index (κ1) is 31.4. The second kappa shape index (κ2) is 12.4. The molecule has 3 atom stereocenters. The number of alkyl halides is 3. The number of carbonyl (C=O) groups is 1. The van der Waals surface area contributed by atoms with E-state index in [1.165, 1.54) is 0 Å². The van der Waals surface area contributed by atoms with Crippen LogP contribution in [-0.2, 0) is 18.3 Å². The number of nitrogens with one attached hydrogen (secondary N) is 1. The monoisotopic (exact) mass is 787 g/mol. The molecule has 218 valence electrons. The van der Waals surface area contributed by atoms with Crippen molar-refractivity contribution in [2.45, 2.75) is 74.0 Å². The summed E-state index contributed by atoms with van der Waals surface area (Å²) in [5, 5.41) is 3.70. The van der Waals surface area contributed by atoms with E-state index in [0.29, 0.717) is 25.3 Å². The third-order valence-electron chi connectivity index (χ3n) is 7.22. The molecule has 2 aromatic rings. The summed E-state index contributed by atoms with van der Waals surface area (Å²) in [7, 11) is 2.31. The van der Waals surface area contributed by atoms with Crippen LogP contribution in [0.1, 0.15) is 58.7 Å². The largest absolute Gasteiger partial charge is 0.444 e. The maximum Gasteiger partial charge on any atom is 0.410 e. The zero-order chi connectivity index (χ0) is 28.6. The van der Waals surface area contributed by atoms with E-state index in [-0.39, 0.29) is 23.7 Å². The summed E-state index contributed by atoms with van der Waals surface area (Å²) < 4.78 is 28.0. The van der Waals surface area contributed by atoms with Crippen LogP contribution in [0.4, 0.5) is 14.9 Å². The molecular weight excluding hydrogens is 746 g/mol. The first-order chi connectivity index (χ1) is 18.2. The van der Waals surface area contributed by atoms with Crippen LogP contribution in [0.3, 0.4) is 0 Å². The molecule has 0 spiro atoms. The molecule has 0 saturated carbocycles. The van der Waals surface area contributed by atoms with Crippen LogP contribution in [0, 0.1) is 0 Å². The number of pyridine rings is 1. The van der Waals surface area contributed by atoms with Crippen LogP contribution in [-0.4, -0.2) is 86.8 Å². The van der Waals surface area contributed by atoms with E-state index in [1.54, 1.807) is 4.90 Å². The number of hydrogen-bond acceptors (Lipinski definition) is 6. The standard InChI is InChI=1S/C27H41FI2N5O3P/c1-25(2,3)38-24(36)34-10-11-37-20(16-34)15-33-8-6-19(7-9-33)32-21-12-18(27(28,30)39)14-35-22(13-31-23(21)35)26(4,5)17-29/h12-14,19-20,32H,6-11,15-17,39H2,1-5H3/t20-,27?/m1/s1. The van der Waals surface area contributed by atoms with Gasteiger partial charge in [0.15, 0.2) is 9.06 Å². The van der Waals surface area contributed by atoms with E-state index in [1.807, 2.05) is 61.8 Å². The fourth-order valence-corrected chi connectivity index (χ4v) is 5.88. The number of imidazole rings is 1. The van der Waals surface area contributed by atoms with Gasteiger partial charge < -0.3 is 29.0 Å². The van der Waals surface area contributed by atoms with Gasteiger partial charge in [-0.05, 0) is 62.3 Å². The van der Waals surface area contributed by atoms with Gasteiger partial charge in [0.25, 0.3) is 0 Å². The topological polar surface area (TPSA) is 71.3 Å². The molecule has 0 bridgehead atoms. The van der Waals surface area contributed by atoms with Gasteiger partial charge in [-0.25, -0.2) is 14.2 Å². The number of ether oxygens (including phenoxy) is 2. The predicted molar refractivity (Wildman–Crippen MR) is 174 cm³/mol. The lowest BCUT2D eigenvalue weighted by atomic mass is 9.93. The summed E-state index contributed by atoms with van der Waals surface area (Å²) in [5.74, 6) is 0. The number of nitrogens with zero attached hydrogens (tertiary/aromatic N) is 4. The van der Waals surface area contributed by atoms with Gasteiger partial charge in [0.05, 0.1) is 24.9 Å². The fraction of sp³-hybridized carbons (Fsp3) is 0.704. The van der Waals surface area contributed by atoms with E-state index >= 15 is 4.39 Å². The number of piperidine rings is 1. The Hall–Kier alpha value is -0.500. The van der Waals surface area contributed by atoms with Crippen molar-refractivity contribution in [1.82, 2.24) is 19.2 Å². The van der Waals surface area contributed by atoms with E-state index in [4.69, 9.17) is 14.5 Å². The van der Waals surface area contributed by atoms with Crippen molar-refractivity contribution in [2.24, 2.45) is 0 Å². The van der Waals surface area contributed by atoms with Crippen molar-refractivity contribution in [1.29, 1.82) is 0 Å². The molecule has 1 amide bonds. The molecular formula is C27H41FI2N5O3P. The van der Waals surface area contributed by atoms with Gasteiger partial charge in [-0.15, -0.1) is 0 Å². The van der Waals surface area contributed by atoms with Crippen molar-refractivity contribution in [3.05, 3.63) is 29.7 Å². The number of hydrogen-bond donors (Lipinski definition) is 1. The van der Waals surface area contributed by atoms with Crippen molar-refractivity contribution in [3.8, 4) is 0 Å². The van der Waals surface area contributed by atoms with Crippen molar-refractivity contribution in [2.75, 3.05) is 49.1 Å². The Morgan fingerprint density at radius 1 is 1.26 bits per heavy atom. The van der Waals surface area contributed by atoms with Crippen LogP contribution in [0.25, 0.3) is 5.65 Å². The Morgan fingerprint density at radius 3 is 2.56 bits per heavy atom. The molecule has 2 aromatic heterocycles. The summed E-state index contributed by atoms with van der Waals surface area (Å²) in [6.45, 7) is 14.3. The highest BCUT2D eigenvalue weighted by molar-refractivity contribution is 14.1. The number of anilines is 1. The molecule has 8 nitrogen and oxygen atoms in total. The van der Waals surface area contributed by atoms with Crippen molar-refractivity contribution in [3.63, 3.8) is 0 Å². The lowest BCUT2D eigenvalue weighted by Gasteiger charge is -2.38. The third kappa shape index (κ3) is 8.08. The molecule has 1 N–H and O–H groups in total. The van der Waals surface area contributed by atoms with Gasteiger partial charge >= 0.3 is 6.09 Å². The lowest BCUT2D eigenvalue weighted by Crippen LogP contribution is -2.52. The average Bonchev–Trinajstić information content (AvgIpc) is 3.29. The highest BCUT2D eigenvalue weighted by Gasteiger charge is 2.32. The van der Waals surface area contributed by atoms with Gasteiger partial charge in [-0.2, -0.15) is 0 Å². The molecule has 39 heavy (non-hydrogen) atoms. The quantitative estimate of drug-likeness (QED) is 0.213. The Kier molecular flexibility index (Phi) is 9.99. The SMILES string of the molecule is CC(C)(C)OC(=O)N1CCO[C@H](CN2CCC(Nc3cc(C(F)(P)I)cn4c(C(C)(C)CI)cnc34)CC2)C1. The maximum absolute atomic E-state index is 15.1. The minimum atomic E-state index is -1.57. The zero-order valence-electron chi connectivity index (χ0n) is 23.5. The molecule has 4 rings (SSSR count). The van der Waals surface area contributed by atoms with Crippen LogP contribution < -0.4 is 5.32 Å². The van der Waals surface area contributed by atoms with Crippen molar-refractivity contribution < 1.29 is 18.7 Å². The Balaban J connectivity index is 1.40. The molecule has 0 aliphatic carbocycles. The number of fused-ring (bicyclic) bond motifs is 1. The van der Waals surface area contributed by atoms with Gasteiger partial charge in [-0.1, -0.05) is 45.7 Å². The highest BCUT2D eigenvalue weighted by atomic mass is 127. The Morgan fingerprint density at radius 2 is 1.95 bits per heavy atom. The fourth-order valence-electron chi connectivity index (χ4n) is 5.03. The van der Waals surface area contributed by atoms with Gasteiger partial charge in [0.2, 0.25) is 0 Å². The van der Waals surface area contributed by atoms with Gasteiger partial charge in [0, 0.05) is 65.7 Å². The number of aromatic nitrogens is 2. The molecule has 2 unspecified atom stereocenters. The first-order valence-corrected chi connectivity index (χ1v) is 16.7. The molecule has 0 radical (unpaired) electrons. The van der Waals surface area contributed by atoms with E-state index < -0.39 is 9.02 Å². The lowest BCUT2D eigenvalue weighted by molar-refractivity contribution is -0.0538. The summed E-state index contributed by atoms with van der Waals surface area (Å²) >= 11 is 4.22. The second-order valence-electron chi connectivity index (χ2n) is 12.3. The van der Waals surface area contributed by atoms with Gasteiger partial charge in [-0.3, -0.25) is 0 Å². The minimum absolute atomic E-state index is 0.0277. The van der Waals surface area contributed by atoms with Crippen LogP contribution >= 0.6 is 54.4 Å². The summed E-state index contributed by atoms with van der Waals surface area (Å²) in [4.78, 5) is 21.4. The van der Waals surface area contributed by atoms with Gasteiger partial charge in [0.1, 0.15) is 5.60 Å². The number of rotatable bonds is 7. The van der Waals surface area contributed by atoms with Crippen LogP contribution in [0.15, 0.2) is 18.5 Å². The minimum Gasteiger partial charge on any atom is -0.444 e. The van der Waals surface area contributed by atoms with Crippen LogP contribution in [0.2, 0.25) is 0 Å². The van der Waals surface area contributed by atoms with E-state index in [2.05, 4.69) is 60.3 Å². The highest BCUT2D eigenvalue weighted by Crippen LogP contribution is 2.42. The molecule has 2 saturated heterocycles. The second-order valence-corrected chi connectivity index (χ2v) is 16.6. The molecule has 0 aromatic carbocycles. The summed E-state index contributed by atoms with van der Waals surface area (Å²) in [6, 6.07) is 2.16. The van der Waals surface area contributed by atoms with E-state index in [0.717, 1.165) is 53.9 Å². The number of amides is 1. The summed E-state index contributed by atoms with van der Waals surface area (Å²) in [5.41, 5.74) is 2.77. The zero-order valence-corrected chi connectivity index (χ0v) is 28.9. The van der Waals surface area contributed by atoms with Crippen molar-refractivity contribution >= 4 is 71.8 Å². The molecule has 12 heteroatoms. The molecule has 2 aliphatic rings. The third-order valence-corrected chi connectivity index (χ3v) is 10.1. The average molecular weight is 787 g/mol. The predicted octanol–water partition coefficient (Wildman–Crippen LogP) is 5.95. The van der Waals surface area contributed by atoms with E-state index in [9.17, 15) is 4.79 Å². The first-order valence-electron chi connectivity index (χ1n) is 13.5. The number of halogens is 3. The number of carbonyl (C=O) groups excluding carboxylic acids is 1. The van der Waals surface area contributed by atoms with Crippen LogP contribution in [0.5, 0.6) is 0 Å².